The number of halogens is 1. The van der Waals surface area contributed by atoms with E-state index in [2.05, 4.69) is 15.8 Å². The number of non-ortho nitro benzene ring substituents is 1. The van der Waals surface area contributed by atoms with E-state index in [0.717, 1.165) is 0 Å². The van der Waals surface area contributed by atoms with E-state index in [0.29, 0.717) is 5.56 Å². The molecule has 0 unspecified atom stereocenters. The predicted octanol–water partition coefficient (Wildman–Crippen LogP) is 1.61. The van der Waals surface area contributed by atoms with Gasteiger partial charge in [0.1, 0.15) is 5.82 Å². The van der Waals surface area contributed by atoms with Crippen LogP contribution in [0, 0.1) is 15.9 Å². The van der Waals surface area contributed by atoms with Gasteiger partial charge in [-0.25, -0.2) is 9.82 Å². The zero-order chi connectivity index (χ0) is 18.2. The number of hydrazone groups is 1. The molecule has 9 heteroatoms. The molecular weight excluding hydrogens is 331 g/mol. The minimum Gasteiger partial charge on any atom is -0.343 e. The van der Waals surface area contributed by atoms with Crippen LogP contribution in [0.2, 0.25) is 0 Å². The summed E-state index contributed by atoms with van der Waals surface area (Å²) in [7, 11) is 0. The van der Waals surface area contributed by atoms with Crippen LogP contribution in [0.25, 0.3) is 0 Å². The molecule has 0 atom stereocenters. The Hall–Kier alpha value is -3.62. The van der Waals surface area contributed by atoms with Crippen molar-refractivity contribution in [2.45, 2.75) is 0 Å². The predicted molar refractivity (Wildman–Crippen MR) is 87.6 cm³/mol. The average Bonchev–Trinajstić information content (AvgIpc) is 2.61. The highest BCUT2D eigenvalue weighted by Crippen LogP contribution is 2.11. The molecule has 2 rings (SSSR count). The normalized spacial score (nSPS) is 10.4. The molecule has 0 bridgehead atoms. The van der Waals surface area contributed by atoms with Crippen molar-refractivity contribution in [1.29, 1.82) is 0 Å². The lowest BCUT2D eigenvalue weighted by atomic mass is 10.2. The number of rotatable bonds is 6. The van der Waals surface area contributed by atoms with Crippen LogP contribution in [0.5, 0.6) is 0 Å². The quantitative estimate of drug-likeness (QED) is 0.471. The van der Waals surface area contributed by atoms with E-state index in [1.54, 1.807) is 0 Å². The Morgan fingerprint density at radius 2 is 1.76 bits per heavy atom. The summed E-state index contributed by atoms with van der Waals surface area (Å²) in [4.78, 5) is 33.4. The number of carbonyl (C=O) groups excluding carboxylic acids is 2. The molecule has 0 fully saturated rings. The van der Waals surface area contributed by atoms with Gasteiger partial charge >= 0.3 is 0 Å². The molecule has 2 aromatic carbocycles. The Morgan fingerprint density at radius 1 is 1.12 bits per heavy atom. The zero-order valence-corrected chi connectivity index (χ0v) is 12.8. The number of nitrogens with zero attached hydrogens (tertiary/aromatic N) is 2. The Bertz CT molecular complexity index is 804. The molecule has 0 saturated heterocycles. The Labute approximate surface area is 141 Å². The number of amides is 2. The van der Waals surface area contributed by atoms with E-state index in [9.17, 15) is 24.1 Å². The van der Waals surface area contributed by atoms with Gasteiger partial charge in [-0.1, -0.05) is 12.1 Å². The van der Waals surface area contributed by atoms with Crippen molar-refractivity contribution in [3.63, 3.8) is 0 Å². The Balaban J connectivity index is 1.79. The van der Waals surface area contributed by atoms with Gasteiger partial charge in [-0.05, 0) is 29.8 Å². The third-order valence-electron chi connectivity index (χ3n) is 3.02. The van der Waals surface area contributed by atoms with Gasteiger partial charge in [-0.3, -0.25) is 19.7 Å². The highest BCUT2D eigenvalue weighted by Gasteiger charge is 2.10. The van der Waals surface area contributed by atoms with Crippen LogP contribution in [-0.2, 0) is 4.79 Å². The molecule has 2 aromatic rings. The minimum atomic E-state index is -0.575. The smallest absolute Gasteiger partial charge is 0.269 e. The maximum absolute atomic E-state index is 12.7. The van der Waals surface area contributed by atoms with E-state index in [-0.39, 0.29) is 23.6 Å². The Morgan fingerprint density at radius 3 is 2.36 bits per heavy atom. The molecule has 8 nitrogen and oxygen atoms in total. The second-order valence-electron chi connectivity index (χ2n) is 4.83. The molecule has 128 valence electrons. The van der Waals surface area contributed by atoms with Crippen molar-refractivity contribution >= 4 is 23.7 Å². The van der Waals surface area contributed by atoms with E-state index in [1.807, 2.05) is 0 Å². The van der Waals surface area contributed by atoms with Crippen LogP contribution < -0.4 is 10.7 Å². The van der Waals surface area contributed by atoms with Crippen LogP contribution in [-0.4, -0.2) is 29.5 Å². The summed E-state index contributed by atoms with van der Waals surface area (Å²) in [5.74, 6) is -1.49. The highest BCUT2D eigenvalue weighted by atomic mass is 19.1. The fourth-order valence-electron chi connectivity index (χ4n) is 1.76. The van der Waals surface area contributed by atoms with Gasteiger partial charge in [0.2, 0.25) is 0 Å². The standard InChI is InChI=1S/C16H13FN4O4/c17-13-5-1-11(2-6-13)9-19-20-15(22)10-18-16(23)12-3-7-14(8-4-12)21(24)25/h1-9H,10H2,(H,18,23)(H,20,22)/b19-9-. The molecule has 2 N–H and O–H groups in total. The molecule has 0 aliphatic carbocycles. The van der Waals surface area contributed by atoms with Crippen molar-refractivity contribution in [2.24, 2.45) is 5.10 Å². The Kier molecular flexibility index (Phi) is 5.88. The maximum Gasteiger partial charge on any atom is 0.269 e. The van der Waals surface area contributed by atoms with E-state index in [1.165, 1.54) is 54.7 Å². The molecule has 0 saturated carbocycles. The summed E-state index contributed by atoms with van der Waals surface area (Å²) in [6.07, 6.45) is 1.33. The van der Waals surface area contributed by atoms with E-state index >= 15 is 0 Å². The summed E-state index contributed by atoms with van der Waals surface area (Å²) in [6, 6.07) is 10.5. The van der Waals surface area contributed by atoms with Gasteiger partial charge in [0.25, 0.3) is 17.5 Å². The van der Waals surface area contributed by atoms with Gasteiger partial charge < -0.3 is 5.32 Å². The van der Waals surface area contributed by atoms with Gasteiger partial charge in [0, 0.05) is 17.7 Å². The van der Waals surface area contributed by atoms with Crippen molar-refractivity contribution in [2.75, 3.05) is 6.54 Å². The molecule has 0 aliphatic rings. The molecular formula is C16H13FN4O4. The van der Waals surface area contributed by atoms with Gasteiger partial charge in [-0.15, -0.1) is 0 Å². The number of hydrogen-bond acceptors (Lipinski definition) is 5. The lowest BCUT2D eigenvalue weighted by Gasteiger charge is -2.04. The highest BCUT2D eigenvalue weighted by molar-refractivity contribution is 5.96. The first kappa shape index (κ1) is 17.7. The van der Waals surface area contributed by atoms with Crippen molar-refractivity contribution in [3.05, 3.63) is 75.6 Å². The first-order valence-electron chi connectivity index (χ1n) is 7.06. The third kappa shape index (κ3) is 5.50. The molecule has 0 spiro atoms. The number of nitro benzene ring substituents is 1. The van der Waals surface area contributed by atoms with Gasteiger partial charge in [0.05, 0.1) is 17.7 Å². The summed E-state index contributed by atoms with van der Waals surface area (Å²) in [5.41, 5.74) is 2.86. The topological polar surface area (TPSA) is 114 Å². The van der Waals surface area contributed by atoms with Crippen LogP contribution in [0.1, 0.15) is 15.9 Å². The molecule has 0 radical (unpaired) electrons. The van der Waals surface area contributed by atoms with Crippen LogP contribution >= 0.6 is 0 Å². The molecule has 2 amide bonds. The van der Waals surface area contributed by atoms with Crippen LogP contribution in [0.15, 0.2) is 53.6 Å². The summed E-state index contributed by atoms with van der Waals surface area (Å²) < 4.78 is 12.7. The number of nitro groups is 1. The largest absolute Gasteiger partial charge is 0.343 e. The lowest BCUT2D eigenvalue weighted by molar-refractivity contribution is -0.384. The zero-order valence-electron chi connectivity index (χ0n) is 12.8. The van der Waals surface area contributed by atoms with E-state index in [4.69, 9.17) is 0 Å². The summed E-state index contributed by atoms with van der Waals surface area (Å²) >= 11 is 0. The minimum absolute atomic E-state index is 0.135. The molecule has 25 heavy (non-hydrogen) atoms. The van der Waals surface area contributed by atoms with E-state index < -0.39 is 16.7 Å². The number of benzene rings is 2. The second-order valence-corrected chi connectivity index (χ2v) is 4.83. The summed E-state index contributed by atoms with van der Waals surface area (Å²) in [6.45, 7) is -0.323. The van der Waals surface area contributed by atoms with Gasteiger partial charge in [0.15, 0.2) is 0 Å². The third-order valence-corrected chi connectivity index (χ3v) is 3.02. The second kappa shape index (κ2) is 8.29. The molecule has 0 heterocycles. The molecule has 0 aromatic heterocycles. The molecule has 0 aliphatic heterocycles. The van der Waals surface area contributed by atoms with Crippen molar-refractivity contribution in [1.82, 2.24) is 10.7 Å². The van der Waals surface area contributed by atoms with Crippen LogP contribution in [0.4, 0.5) is 10.1 Å². The SMILES string of the molecule is O=C(CNC(=O)c1ccc([N+](=O)[O-])cc1)N/N=C\c1ccc(F)cc1. The summed E-state index contributed by atoms with van der Waals surface area (Å²) in [5, 5.41) is 16.6. The number of hydrogen-bond donors (Lipinski definition) is 2. The fourth-order valence-corrected chi connectivity index (χ4v) is 1.76. The van der Waals surface area contributed by atoms with Crippen molar-refractivity contribution in [3.8, 4) is 0 Å². The van der Waals surface area contributed by atoms with Gasteiger partial charge in [-0.2, -0.15) is 5.10 Å². The number of carbonyl (C=O) groups is 2. The maximum atomic E-state index is 12.7. The van der Waals surface area contributed by atoms with Crippen LogP contribution in [0.3, 0.4) is 0 Å². The number of nitrogens with one attached hydrogen (secondary N) is 2. The average molecular weight is 344 g/mol. The van der Waals surface area contributed by atoms with Crippen molar-refractivity contribution < 1.29 is 18.9 Å². The first-order valence-corrected chi connectivity index (χ1v) is 7.06. The first-order chi connectivity index (χ1) is 12.0. The monoisotopic (exact) mass is 344 g/mol. The fraction of sp³-hybridized carbons (Fsp3) is 0.0625. The lowest BCUT2D eigenvalue weighted by Crippen LogP contribution is -2.34.